The SMILES string of the molecule is Cc1ccc(/C=C/C(=O)NNC(=O)COc2ccccc2Cl)o1. The summed E-state index contributed by atoms with van der Waals surface area (Å²) >= 11 is 5.89. The molecule has 0 spiro atoms. The molecule has 0 aliphatic carbocycles. The zero-order chi connectivity index (χ0) is 16.7. The third kappa shape index (κ3) is 5.52. The van der Waals surface area contributed by atoms with E-state index in [0.717, 1.165) is 5.76 Å². The Bertz CT molecular complexity index is 724. The summed E-state index contributed by atoms with van der Waals surface area (Å²) in [5, 5.41) is 0.404. The van der Waals surface area contributed by atoms with E-state index in [9.17, 15) is 9.59 Å². The number of aryl methyl sites for hydroxylation is 1. The number of rotatable bonds is 5. The van der Waals surface area contributed by atoms with Gasteiger partial charge in [0.1, 0.15) is 17.3 Å². The standard InChI is InChI=1S/C16H15ClN2O4/c1-11-6-7-12(23-11)8-9-15(20)18-19-16(21)10-22-14-5-3-2-4-13(14)17/h2-9H,10H2,1H3,(H,18,20)(H,19,21)/b9-8+. The molecule has 0 saturated heterocycles. The molecule has 7 heteroatoms. The molecule has 0 fully saturated rings. The second-order valence-electron chi connectivity index (χ2n) is 4.54. The fourth-order valence-electron chi connectivity index (χ4n) is 1.61. The Morgan fingerprint density at radius 3 is 2.70 bits per heavy atom. The second-order valence-corrected chi connectivity index (χ2v) is 4.95. The number of para-hydroxylation sites is 1. The molecule has 23 heavy (non-hydrogen) atoms. The molecule has 0 aliphatic heterocycles. The van der Waals surface area contributed by atoms with Gasteiger partial charge in [0.25, 0.3) is 11.8 Å². The normalized spacial score (nSPS) is 10.5. The quantitative estimate of drug-likeness (QED) is 0.650. The van der Waals surface area contributed by atoms with Crippen molar-refractivity contribution in [1.29, 1.82) is 0 Å². The van der Waals surface area contributed by atoms with Gasteiger partial charge in [0, 0.05) is 6.08 Å². The van der Waals surface area contributed by atoms with Gasteiger partial charge in [-0.3, -0.25) is 20.4 Å². The fraction of sp³-hybridized carbons (Fsp3) is 0.125. The minimum absolute atomic E-state index is 0.273. The lowest BCUT2D eigenvalue weighted by Gasteiger charge is -2.08. The van der Waals surface area contributed by atoms with E-state index in [4.69, 9.17) is 20.8 Å². The number of ether oxygens (including phenoxy) is 1. The number of amides is 2. The molecular weight excluding hydrogens is 320 g/mol. The van der Waals surface area contributed by atoms with Gasteiger partial charge in [-0.15, -0.1) is 0 Å². The first-order valence-corrected chi connectivity index (χ1v) is 7.13. The van der Waals surface area contributed by atoms with Crippen LogP contribution >= 0.6 is 11.6 Å². The van der Waals surface area contributed by atoms with E-state index in [-0.39, 0.29) is 6.61 Å². The summed E-state index contributed by atoms with van der Waals surface area (Å²) < 4.78 is 10.5. The Kier molecular flexibility index (Phi) is 5.82. The number of carbonyl (C=O) groups excluding carboxylic acids is 2. The average Bonchev–Trinajstić information content (AvgIpc) is 2.95. The van der Waals surface area contributed by atoms with Gasteiger partial charge in [-0.05, 0) is 37.3 Å². The monoisotopic (exact) mass is 334 g/mol. The van der Waals surface area contributed by atoms with E-state index in [0.29, 0.717) is 16.5 Å². The number of furan rings is 1. The Morgan fingerprint density at radius 1 is 1.22 bits per heavy atom. The maximum absolute atomic E-state index is 11.6. The highest BCUT2D eigenvalue weighted by atomic mass is 35.5. The summed E-state index contributed by atoms with van der Waals surface area (Å²) in [4.78, 5) is 23.1. The largest absolute Gasteiger partial charge is 0.482 e. The lowest BCUT2D eigenvalue weighted by atomic mass is 10.3. The Labute approximate surface area is 138 Å². The van der Waals surface area contributed by atoms with Crippen molar-refractivity contribution in [3.8, 4) is 5.75 Å². The maximum Gasteiger partial charge on any atom is 0.276 e. The van der Waals surface area contributed by atoms with E-state index in [1.165, 1.54) is 12.2 Å². The van der Waals surface area contributed by atoms with Crippen LogP contribution in [0.5, 0.6) is 5.75 Å². The molecular formula is C16H15ClN2O4. The summed E-state index contributed by atoms with van der Waals surface area (Å²) in [7, 11) is 0. The minimum Gasteiger partial charge on any atom is -0.482 e. The predicted molar refractivity (Wildman–Crippen MR) is 85.7 cm³/mol. The van der Waals surface area contributed by atoms with Crippen molar-refractivity contribution in [3.05, 3.63) is 59.0 Å². The van der Waals surface area contributed by atoms with Crippen LogP contribution in [0.1, 0.15) is 11.5 Å². The summed E-state index contributed by atoms with van der Waals surface area (Å²) in [6, 6.07) is 10.3. The third-order valence-electron chi connectivity index (χ3n) is 2.68. The number of carbonyl (C=O) groups is 2. The predicted octanol–water partition coefficient (Wildman–Crippen LogP) is 2.48. The van der Waals surface area contributed by atoms with Crippen LogP contribution in [0.15, 0.2) is 46.9 Å². The van der Waals surface area contributed by atoms with Crippen molar-refractivity contribution in [3.63, 3.8) is 0 Å². The van der Waals surface area contributed by atoms with Crippen LogP contribution in [0.4, 0.5) is 0 Å². The molecule has 0 aliphatic rings. The van der Waals surface area contributed by atoms with Crippen LogP contribution in [0.3, 0.4) is 0 Å². The Hall–Kier alpha value is -2.73. The van der Waals surface area contributed by atoms with Gasteiger partial charge in [0.2, 0.25) is 0 Å². The van der Waals surface area contributed by atoms with Gasteiger partial charge in [-0.2, -0.15) is 0 Å². The number of benzene rings is 1. The van der Waals surface area contributed by atoms with Gasteiger partial charge in [0.05, 0.1) is 5.02 Å². The van der Waals surface area contributed by atoms with Crippen molar-refractivity contribution < 1.29 is 18.7 Å². The maximum atomic E-state index is 11.6. The molecule has 0 saturated carbocycles. The van der Waals surface area contributed by atoms with Gasteiger partial charge in [-0.1, -0.05) is 23.7 Å². The summed E-state index contributed by atoms with van der Waals surface area (Å²) in [5.41, 5.74) is 4.46. The van der Waals surface area contributed by atoms with Gasteiger partial charge in [-0.25, -0.2) is 0 Å². The lowest BCUT2D eigenvalue weighted by molar-refractivity contribution is -0.128. The molecule has 1 aromatic heterocycles. The van der Waals surface area contributed by atoms with Crippen LogP contribution in [-0.4, -0.2) is 18.4 Å². The molecule has 0 unspecified atom stereocenters. The molecule has 6 nitrogen and oxygen atoms in total. The van der Waals surface area contributed by atoms with Crippen LogP contribution in [-0.2, 0) is 9.59 Å². The van der Waals surface area contributed by atoms with Crippen LogP contribution in [0, 0.1) is 6.92 Å². The molecule has 2 rings (SSSR count). The van der Waals surface area contributed by atoms with Gasteiger partial charge < -0.3 is 9.15 Å². The summed E-state index contributed by atoms with van der Waals surface area (Å²) in [6.45, 7) is 1.53. The first-order valence-electron chi connectivity index (χ1n) is 6.75. The topological polar surface area (TPSA) is 80.6 Å². The van der Waals surface area contributed by atoms with E-state index in [1.54, 1.807) is 43.3 Å². The Balaban J connectivity index is 1.72. The number of hydrazine groups is 1. The molecule has 1 heterocycles. The Morgan fingerprint density at radius 2 is 2.00 bits per heavy atom. The molecule has 2 aromatic rings. The molecule has 0 bridgehead atoms. The highest BCUT2D eigenvalue weighted by Gasteiger charge is 2.06. The number of halogens is 1. The summed E-state index contributed by atoms with van der Waals surface area (Å²) in [5.74, 6) is 0.676. The minimum atomic E-state index is -0.513. The molecule has 0 atom stereocenters. The van der Waals surface area contributed by atoms with Gasteiger partial charge >= 0.3 is 0 Å². The highest BCUT2D eigenvalue weighted by molar-refractivity contribution is 6.32. The average molecular weight is 335 g/mol. The van der Waals surface area contributed by atoms with E-state index < -0.39 is 11.8 Å². The fourth-order valence-corrected chi connectivity index (χ4v) is 1.81. The zero-order valence-electron chi connectivity index (χ0n) is 12.3. The molecule has 1 aromatic carbocycles. The molecule has 2 amide bonds. The van der Waals surface area contributed by atoms with E-state index in [2.05, 4.69) is 10.9 Å². The third-order valence-corrected chi connectivity index (χ3v) is 2.99. The zero-order valence-corrected chi connectivity index (χ0v) is 13.1. The van der Waals surface area contributed by atoms with Crippen molar-refractivity contribution in [2.24, 2.45) is 0 Å². The van der Waals surface area contributed by atoms with Crippen LogP contribution in [0.2, 0.25) is 5.02 Å². The number of nitrogens with one attached hydrogen (secondary N) is 2. The smallest absolute Gasteiger partial charge is 0.276 e. The first kappa shape index (κ1) is 16.6. The van der Waals surface area contributed by atoms with E-state index in [1.807, 2.05) is 0 Å². The number of hydrogen-bond donors (Lipinski definition) is 2. The molecule has 120 valence electrons. The number of hydrogen-bond acceptors (Lipinski definition) is 4. The van der Waals surface area contributed by atoms with Crippen molar-refractivity contribution in [1.82, 2.24) is 10.9 Å². The van der Waals surface area contributed by atoms with Crippen LogP contribution in [0.25, 0.3) is 6.08 Å². The highest BCUT2D eigenvalue weighted by Crippen LogP contribution is 2.22. The van der Waals surface area contributed by atoms with Crippen molar-refractivity contribution >= 4 is 29.5 Å². The van der Waals surface area contributed by atoms with Crippen molar-refractivity contribution in [2.75, 3.05) is 6.61 Å². The van der Waals surface area contributed by atoms with Gasteiger partial charge in [0.15, 0.2) is 6.61 Å². The van der Waals surface area contributed by atoms with E-state index >= 15 is 0 Å². The molecule has 0 radical (unpaired) electrons. The van der Waals surface area contributed by atoms with Crippen molar-refractivity contribution in [2.45, 2.75) is 6.92 Å². The molecule has 2 N–H and O–H groups in total. The summed E-state index contributed by atoms with van der Waals surface area (Å²) in [6.07, 6.45) is 2.74. The second kappa shape index (κ2) is 8.05. The van der Waals surface area contributed by atoms with Crippen LogP contribution < -0.4 is 15.6 Å². The lowest BCUT2D eigenvalue weighted by Crippen LogP contribution is -2.43. The first-order chi connectivity index (χ1) is 11.0.